The fourth-order valence-corrected chi connectivity index (χ4v) is 4.28. The van der Waals surface area contributed by atoms with E-state index >= 15 is 0 Å². The summed E-state index contributed by atoms with van der Waals surface area (Å²) in [7, 11) is 0. The number of carbonyl (C=O) groups is 1. The first kappa shape index (κ1) is 19.2. The van der Waals surface area contributed by atoms with Crippen LogP contribution in [-0.4, -0.2) is 35.0 Å². The highest BCUT2D eigenvalue weighted by atomic mass is 35.5. The average Bonchev–Trinajstić information content (AvgIpc) is 3.25. The Bertz CT molecular complexity index is 531. The molecule has 3 N–H and O–H groups in total. The lowest BCUT2D eigenvalue weighted by atomic mass is 9.84. The fourth-order valence-electron chi connectivity index (χ4n) is 4.28. The van der Waals surface area contributed by atoms with Gasteiger partial charge < -0.3 is 15.7 Å². The van der Waals surface area contributed by atoms with E-state index in [4.69, 9.17) is 5.73 Å². The van der Waals surface area contributed by atoms with E-state index in [1.54, 1.807) is 0 Å². The summed E-state index contributed by atoms with van der Waals surface area (Å²) in [6, 6.07) is 9.87. The van der Waals surface area contributed by atoms with Gasteiger partial charge in [0.2, 0.25) is 5.91 Å². The largest absolute Gasteiger partial charge is 0.388 e. The second-order valence-corrected chi connectivity index (χ2v) is 7.15. The summed E-state index contributed by atoms with van der Waals surface area (Å²) in [5.41, 5.74) is 6.58. The molecule has 2 aliphatic rings. The summed E-state index contributed by atoms with van der Waals surface area (Å²) < 4.78 is 0. The molecule has 134 valence electrons. The number of benzene rings is 1. The molecule has 1 aliphatic carbocycles. The lowest BCUT2D eigenvalue weighted by molar-refractivity contribution is -0.142. The molecule has 1 saturated heterocycles. The van der Waals surface area contributed by atoms with Crippen LogP contribution in [0.2, 0.25) is 0 Å². The Morgan fingerprint density at radius 1 is 1.25 bits per heavy atom. The van der Waals surface area contributed by atoms with Crippen molar-refractivity contribution < 1.29 is 9.90 Å². The summed E-state index contributed by atoms with van der Waals surface area (Å²) in [5, 5.41) is 10.5. The number of rotatable bonds is 5. The molecule has 0 aromatic heterocycles. The normalized spacial score (nSPS) is 23.8. The number of aliphatic hydroxyl groups excluding tert-OH is 1. The number of halogens is 1. The van der Waals surface area contributed by atoms with Gasteiger partial charge >= 0.3 is 0 Å². The topological polar surface area (TPSA) is 66.6 Å². The first-order valence-corrected chi connectivity index (χ1v) is 8.90. The highest BCUT2D eigenvalue weighted by molar-refractivity contribution is 5.85. The predicted octanol–water partition coefficient (Wildman–Crippen LogP) is 3.04. The molecule has 1 saturated carbocycles. The van der Waals surface area contributed by atoms with E-state index < -0.39 is 6.10 Å². The first-order chi connectivity index (χ1) is 11.2. The number of hydrogen-bond acceptors (Lipinski definition) is 3. The maximum atomic E-state index is 13.1. The van der Waals surface area contributed by atoms with Gasteiger partial charge in [0, 0.05) is 19.1 Å². The first-order valence-electron chi connectivity index (χ1n) is 8.90. The number of likely N-dealkylation sites (tertiary alicyclic amines) is 1. The minimum Gasteiger partial charge on any atom is -0.388 e. The third-order valence-corrected chi connectivity index (χ3v) is 5.72. The van der Waals surface area contributed by atoms with Gasteiger partial charge in [-0.15, -0.1) is 12.4 Å². The molecule has 2 unspecified atom stereocenters. The summed E-state index contributed by atoms with van der Waals surface area (Å²) in [6.07, 6.45) is 6.18. The van der Waals surface area contributed by atoms with Gasteiger partial charge in [-0.2, -0.15) is 0 Å². The van der Waals surface area contributed by atoms with Crippen LogP contribution < -0.4 is 5.73 Å². The van der Waals surface area contributed by atoms with E-state index in [0.717, 1.165) is 50.6 Å². The molecule has 5 heteroatoms. The molecule has 0 bridgehead atoms. The van der Waals surface area contributed by atoms with Crippen LogP contribution in [0.15, 0.2) is 30.3 Å². The van der Waals surface area contributed by atoms with E-state index in [2.05, 4.69) is 0 Å². The Balaban J connectivity index is 0.00000208. The standard InChI is InChI=1S/C19H28N2O2.ClH/c20-14-19(10-4-5-11-19)18(23)21-12-6-9-16(21)13-17(22)15-7-2-1-3-8-15;/h1-3,7-8,16-17,22H,4-6,9-14,20H2;1H. The van der Waals surface area contributed by atoms with Crippen LogP contribution in [0.1, 0.15) is 56.6 Å². The maximum Gasteiger partial charge on any atom is 0.230 e. The van der Waals surface area contributed by atoms with Crippen LogP contribution in [0.25, 0.3) is 0 Å². The summed E-state index contributed by atoms with van der Waals surface area (Å²) in [5.74, 6) is 0.236. The molecule has 2 atom stereocenters. The molecule has 1 amide bonds. The monoisotopic (exact) mass is 352 g/mol. The Labute approximate surface area is 150 Å². The zero-order chi connectivity index (χ0) is 16.3. The molecular weight excluding hydrogens is 324 g/mol. The maximum absolute atomic E-state index is 13.1. The summed E-state index contributed by atoms with van der Waals surface area (Å²) in [6.45, 7) is 1.27. The molecule has 1 heterocycles. The van der Waals surface area contributed by atoms with E-state index in [-0.39, 0.29) is 29.8 Å². The van der Waals surface area contributed by atoms with Crippen LogP contribution in [0, 0.1) is 5.41 Å². The van der Waals surface area contributed by atoms with Gasteiger partial charge in [0.25, 0.3) is 0 Å². The van der Waals surface area contributed by atoms with Gasteiger partial charge in [0.1, 0.15) is 0 Å². The zero-order valence-electron chi connectivity index (χ0n) is 14.2. The second kappa shape index (κ2) is 8.32. The number of aliphatic hydroxyl groups is 1. The van der Waals surface area contributed by atoms with Crippen molar-refractivity contribution in [2.24, 2.45) is 11.1 Å². The van der Waals surface area contributed by atoms with E-state index in [1.165, 1.54) is 0 Å². The Kier molecular flexibility index (Phi) is 6.67. The van der Waals surface area contributed by atoms with E-state index in [1.807, 2.05) is 35.2 Å². The summed E-state index contributed by atoms with van der Waals surface area (Å²) in [4.78, 5) is 15.1. The average molecular weight is 353 g/mol. The van der Waals surface area contributed by atoms with Crippen molar-refractivity contribution in [2.75, 3.05) is 13.1 Å². The Morgan fingerprint density at radius 3 is 2.54 bits per heavy atom. The third-order valence-electron chi connectivity index (χ3n) is 5.72. The highest BCUT2D eigenvalue weighted by Gasteiger charge is 2.45. The predicted molar refractivity (Wildman–Crippen MR) is 98.0 cm³/mol. The van der Waals surface area contributed by atoms with Crippen LogP contribution in [0.4, 0.5) is 0 Å². The van der Waals surface area contributed by atoms with Crippen molar-refractivity contribution in [3.8, 4) is 0 Å². The number of carbonyl (C=O) groups excluding carboxylic acids is 1. The van der Waals surface area contributed by atoms with Gasteiger partial charge in [0.05, 0.1) is 11.5 Å². The molecule has 2 fully saturated rings. The minimum atomic E-state index is -0.507. The molecule has 0 spiro atoms. The number of hydrogen-bond donors (Lipinski definition) is 2. The quantitative estimate of drug-likeness (QED) is 0.855. The van der Waals surface area contributed by atoms with E-state index in [9.17, 15) is 9.90 Å². The molecule has 24 heavy (non-hydrogen) atoms. The molecule has 3 rings (SSSR count). The van der Waals surface area contributed by atoms with E-state index in [0.29, 0.717) is 13.0 Å². The van der Waals surface area contributed by atoms with Crippen molar-refractivity contribution in [3.63, 3.8) is 0 Å². The van der Waals surface area contributed by atoms with Crippen molar-refractivity contribution >= 4 is 18.3 Å². The Morgan fingerprint density at radius 2 is 1.92 bits per heavy atom. The molecular formula is C19H29ClN2O2. The third kappa shape index (κ3) is 3.76. The molecule has 1 aliphatic heterocycles. The molecule has 0 radical (unpaired) electrons. The minimum absolute atomic E-state index is 0. The van der Waals surface area contributed by atoms with Crippen molar-refractivity contribution in [2.45, 2.75) is 57.1 Å². The van der Waals surface area contributed by atoms with Gasteiger partial charge in [-0.1, -0.05) is 43.2 Å². The van der Waals surface area contributed by atoms with Crippen molar-refractivity contribution in [1.29, 1.82) is 0 Å². The van der Waals surface area contributed by atoms with Crippen molar-refractivity contribution in [1.82, 2.24) is 4.90 Å². The molecule has 1 aromatic carbocycles. The van der Waals surface area contributed by atoms with Crippen LogP contribution in [0.3, 0.4) is 0 Å². The lowest BCUT2D eigenvalue weighted by Gasteiger charge is -2.35. The van der Waals surface area contributed by atoms with Crippen molar-refractivity contribution in [3.05, 3.63) is 35.9 Å². The second-order valence-electron chi connectivity index (χ2n) is 7.15. The van der Waals surface area contributed by atoms with Crippen LogP contribution in [-0.2, 0) is 4.79 Å². The number of nitrogens with zero attached hydrogens (tertiary/aromatic N) is 1. The number of amides is 1. The van der Waals surface area contributed by atoms with Crippen LogP contribution >= 0.6 is 12.4 Å². The highest BCUT2D eigenvalue weighted by Crippen LogP contribution is 2.41. The molecule has 4 nitrogen and oxygen atoms in total. The SMILES string of the molecule is Cl.NCC1(C(=O)N2CCCC2CC(O)c2ccccc2)CCCC1. The van der Waals surface area contributed by atoms with Crippen LogP contribution in [0.5, 0.6) is 0 Å². The molecule has 1 aromatic rings. The zero-order valence-corrected chi connectivity index (χ0v) is 15.0. The lowest BCUT2D eigenvalue weighted by Crippen LogP contribution is -2.48. The van der Waals surface area contributed by atoms with Gasteiger partial charge in [-0.05, 0) is 37.7 Å². The summed E-state index contributed by atoms with van der Waals surface area (Å²) >= 11 is 0. The number of nitrogens with two attached hydrogens (primary N) is 1. The van der Waals surface area contributed by atoms with Gasteiger partial charge in [0.15, 0.2) is 0 Å². The smallest absolute Gasteiger partial charge is 0.230 e. The fraction of sp³-hybridized carbons (Fsp3) is 0.632. The van der Waals surface area contributed by atoms with Gasteiger partial charge in [-0.3, -0.25) is 4.79 Å². The van der Waals surface area contributed by atoms with Gasteiger partial charge in [-0.25, -0.2) is 0 Å². The Hall–Kier alpha value is -1.10.